The predicted molar refractivity (Wildman–Crippen MR) is 59.3 cm³/mol. The van der Waals surface area contributed by atoms with Gasteiger partial charge < -0.3 is 14.9 Å². The molecule has 0 aromatic carbocycles. The summed E-state index contributed by atoms with van der Waals surface area (Å²) < 4.78 is 29.6. The maximum absolute atomic E-state index is 12.7. The highest BCUT2D eigenvalue weighted by atomic mass is 79.9. The lowest BCUT2D eigenvalue weighted by Crippen LogP contribution is -2.10. The smallest absolute Gasteiger partial charge is 0.378 e. The molecular weight excluding hydrogens is 318 g/mol. The molecule has 1 heterocycles. The van der Waals surface area contributed by atoms with Gasteiger partial charge in [0.1, 0.15) is 10.9 Å². The Bertz CT molecular complexity index is 496. The molecule has 0 bridgehead atoms. The van der Waals surface area contributed by atoms with Crippen LogP contribution >= 0.6 is 15.9 Å². The van der Waals surface area contributed by atoms with E-state index in [4.69, 9.17) is 0 Å². The zero-order valence-corrected chi connectivity index (χ0v) is 10.6. The Kier molecular flexibility index (Phi) is 4.65. The molecule has 0 fully saturated rings. The fourth-order valence-corrected chi connectivity index (χ4v) is 1.68. The highest BCUT2D eigenvalue weighted by molar-refractivity contribution is 9.10. The van der Waals surface area contributed by atoms with Gasteiger partial charge in [0.05, 0.1) is 12.7 Å². The van der Waals surface area contributed by atoms with E-state index in [1.807, 2.05) is 0 Å². The SMILES string of the molecule is COC(=O)Cc1nc([N+](=O)[O-])c(Br)cc1C(F)F. The third-order valence-electron chi connectivity index (χ3n) is 2.02. The summed E-state index contributed by atoms with van der Waals surface area (Å²) in [5.74, 6) is -1.43. The van der Waals surface area contributed by atoms with Gasteiger partial charge in [0.15, 0.2) is 5.69 Å². The molecule has 0 atom stereocenters. The van der Waals surface area contributed by atoms with Crippen LogP contribution in [0.2, 0.25) is 0 Å². The van der Waals surface area contributed by atoms with Gasteiger partial charge in [0, 0.05) is 0 Å². The molecule has 1 aromatic rings. The molecule has 98 valence electrons. The summed E-state index contributed by atoms with van der Waals surface area (Å²) in [6.07, 6.45) is -3.45. The summed E-state index contributed by atoms with van der Waals surface area (Å²) in [5.41, 5.74) is -0.912. The summed E-state index contributed by atoms with van der Waals surface area (Å²) in [7, 11) is 1.08. The number of hydrogen-bond donors (Lipinski definition) is 0. The summed E-state index contributed by atoms with van der Waals surface area (Å²) in [6, 6.07) is 0.883. The van der Waals surface area contributed by atoms with Gasteiger partial charge in [-0.15, -0.1) is 0 Å². The molecule has 0 aliphatic carbocycles. The Labute approximate surface area is 108 Å². The van der Waals surface area contributed by atoms with Crippen LogP contribution < -0.4 is 0 Å². The number of nitro groups is 1. The van der Waals surface area contributed by atoms with Crippen LogP contribution in [0.15, 0.2) is 10.5 Å². The van der Waals surface area contributed by atoms with Gasteiger partial charge in [-0.1, -0.05) is 0 Å². The van der Waals surface area contributed by atoms with E-state index in [0.717, 1.165) is 13.2 Å². The minimum Gasteiger partial charge on any atom is -0.469 e. The molecule has 9 heteroatoms. The van der Waals surface area contributed by atoms with E-state index in [9.17, 15) is 23.7 Å². The van der Waals surface area contributed by atoms with Crippen LogP contribution in [0.3, 0.4) is 0 Å². The first-order valence-corrected chi connectivity index (χ1v) is 5.34. The van der Waals surface area contributed by atoms with Gasteiger partial charge in [0.25, 0.3) is 6.43 Å². The molecule has 0 saturated carbocycles. The van der Waals surface area contributed by atoms with Crippen LogP contribution in [0.4, 0.5) is 14.6 Å². The number of esters is 1. The zero-order valence-electron chi connectivity index (χ0n) is 9.02. The number of methoxy groups -OCH3 is 1. The largest absolute Gasteiger partial charge is 0.469 e. The lowest BCUT2D eigenvalue weighted by molar-refractivity contribution is -0.390. The lowest BCUT2D eigenvalue weighted by atomic mass is 10.1. The van der Waals surface area contributed by atoms with E-state index in [1.165, 1.54) is 0 Å². The topological polar surface area (TPSA) is 82.3 Å². The van der Waals surface area contributed by atoms with Crippen LogP contribution in [0.5, 0.6) is 0 Å². The molecule has 0 spiro atoms. The molecule has 0 saturated heterocycles. The first-order chi connectivity index (χ1) is 8.36. The molecule has 6 nitrogen and oxygen atoms in total. The normalized spacial score (nSPS) is 10.5. The minimum absolute atomic E-state index is 0.170. The average Bonchev–Trinajstić information content (AvgIpc) is 2.29. The van der Waals surface area contributed by atoms with E-state index in [2.05, 4.69) is 25.7 Å². The maximum Gasteiger partial charge on any atom is 0.378 e. The van der Waals surface area contributed by atoms with E-state index in [-0.39, 0.29) is 10.2 Å². The number of aromatic nitrogens is 1. The van der Waals surface area contributed by atoms with Crippen LogP contribution in [0.1, 0.15) is 17.7 Å². The van der Waals surface area contributed by atoms with Crippen LogP contribution in [0.25, 0.3) is 0 Å². The molecule has 0 N–H and O–H groups in total. The predicted octanol–water partition coefficient (Wildman–Crippen LogP) is 2.41. The van der Waals surface area contributed by atoms with Crippen LogP contribution in [0, 0.1) is 10.1 Å². The van der Waals surface area contributed by atoms with Crippen molar-refractivity contribution in [2.75, 3.05) is 7.11 Å². The van der Waals surface area contributed by atoms with Crippen molar-refractivity contribution in [3.8, 4) is 0 Å². The molecule has 0 aliphatic rings. The number of pyridine rings is 1. The Morgan fingerprint density at radius 2 is 2.28 bits per heavy atom. The number of nitrogens with zero attached hydrogens (tertiary/aromatic N) is 2. The number of carbonyl (C=O) groups is 1. The van der Waals surface area contributed by atoms with Crippen molar-refractivity contribution in [2.24, 2.45) is 0 Å². The summed E-state index contributed by atoms with van der Waals surface area (Å²) in [4.78, 5) is 24.3. The van der Waals surface area contributed by atoms with Crippen molar-refractivity contribution >= 4 is 27.7 Å². The fourth-order valence-electron chi connectivity index (χ4n) is 1.20. The van der Waals surface area contributed by atoms with E-state index in [1.54, 1.807) is 0 Å². The van der Waals surface area contributed by atoms with Gasteiger partial charge in [0.2, 0.25) is 0 Å². The van der Waals surface area contributed by atoms with Crippen molar-refractivity contribution in [2.45, 2.75) is 12.8 Å². The molecule has 0 aliphatic heterocycles. The monoisotopic (exact) mass is 324 g/mol. The minimum atomic E-state index is -2.89. The average molecular weight is 325 g/mol. The Morgan fingerprint density at radius 1 is 1.67 bits per heavy atom. The molecule has 1 aromatic heterocycles. The number of hydrogen-bond acceptors (Lipinski definition) is 5. The number of ether oxygens (including phenoxy) is 1. The Balaban J connectivity index is 3.30. The van der Waals surface area contributed by atoms with Gasteiger partial charge in [-0.2, -0.15) is 0 Å². The van der Waals surface area contributed by atoms with Crippen molar-refractivity contribution < 1.29 is 23.2 Å². The quantitative estimate of drug-likeness (QED) is 0.482. The van der Waals surface area contributed by atoms with Crippen molar-refractivity contribution in [3.63, 3.8) is 0 Å². The Morgan fingerprint density at radius 3 is 2.72 bits per heavy atom. The summed E-state index contributed by atoms with van der Waals surface area (Å²) in [6.45, 7) is 0. The molecule has 18 heavy (non-hydrogen) atoms. The molecule has 0 unspecified atom stereocenters. The van der Waals surface area contributed by atoms with Gasteiger partial charge in [-0.3, -0.25) is 4.79 Å². The van der Waals surface area contributed by atoms with E-state index in [0.29, 0.717) is 0 Å². The third-order valence-corrected chi connectivity index (χ3v) is 2.60. The number of halogens is 3. The van der Waals surface area contributed by atoms with Crippen molar-refractivity contribution in [1.29, 1.82) is 0 Å². The zero-order chi connectivity index (χ0) is 13.9. The first-order valence-electron chi connectivity index (χ1n) is 4.55. The fraction of sp³-hybridized carbons (Fsp3) is 0.333. The van der Waals surface area contributed by atoms with Gasteiger partial charge in [-0.05, 0) is 31.9 Å². The Hall–Kier alpha value is -1.64. The second-order valence-electron chi connectivity index (χ2n) is 3.14. The molecule has 1 rings (SSSR count). The van der Waals surface area contributed by atoms with Crippen LogP contribution in [-0.4, -0.2) is 23.0 Å². The van der Waals surface area contributed by atoms with Gasteiger partial charge in [-0.25, -0.2) is 8.78 Å². The molecular formula is C9H7BrF2N2O4. The molecule has 0 radical (unpaired) electrons. The second kappa shape index (κ2) is 5.80. The molecule has 0 amide bonds. The van der Waals surface area contributed by atoms with Crippen LogP contribution in [-0.2, 0) is 16.0 Å². The van der Waals surface area contributed by atoms with E-state index >= 15 is 0 Å². The first kappa shape index (κ1) is 14.4. The number of carbonyl (C=O) groups excluding carboxylic acids is 1. The highest BCUT2D eigenvalue weighted by Gasteiger charge is 2.26. The summed E-state index contributed by atoms with van der Waals surface area (Å²) >= 11 is 2.78. The summed E-state index contributed by atoms with van der Waals surface area (Å²) in [5, 5.41) is 10.6. The van der Waals surface area contributed by atoms with E-state index < -0.39 is 35.1 Å². The second-order valence-corrected chi connectivity index (χ2v) is 3.99. The maximum atomic E-state index is 12.7. The lowest BCUT2D eigenvalue weighted by Gasteiger charge is -2.05. The van der Waals surface area contributed by atoms with Crippen molar-refractivity contribution in [3.05, 3.63) is 31.9 Å². The van der Waals surface area contributed by atoms with Crippen molar-refractivity contribution in [1.82, 2.24) is 4.98 Å². The highest BCUT2D eigenvalue weighted by Crippen LogP contribution is 2.30. The standard InChI is InChI=1S/C9H7BrF2N2O4/c1-18-7(15)3-6-4(8(11)12)2-5(10)9(13-6)14(16)17/h2,8H,3H2,1H3. The van der Waals surface area contributed by atoms with Gasteiger partial charge >= 0.3 is 11.8 Å². The number of alkyl halides is 2. The third kappa shape index (κ3) is 3.19. The number of rotatable bonds is 4.